The Labute approximate surface area is 143 Å². The molecule has 0 aromatic heterocycles. The van der Waals surface area contributed by atoms with Crippen LogP contribution < -0.4 is 0 Å². The number of rotatable bonds is 1. The molecule has 5 heteroatoms. The van der Waals surface area contributed by atoms with Gasteiger partial charge in [-0.1, -0.05) is 17.7 Å². The van der Waals surface area contributed by atoms with Crippen molar-refractivity contribution in [2.24, 2.45) is 0 Å². The van der Waals surface area contributed by atoms with E-state index in [-0.39, 0.29) is 18.4 Å². The first-order valence-electron chi connectivity index (χ1n) is 8.66. The Morgan fingerprint density at radius 1 is 1.17 bits per heavy atom. The molecule has 2 aliphatic rings. The molecule has 1 fully saturated rings. The van der Waals surface area contributed by atoms with Crippen molar-refractivity contribution in [2.75, 3.05) is 19.6 Å². The zero-order valence-corrected chi connectivity index (χ0v) is 14.8. The molecule has 3 rings (SSSR count). The number of hydrogen-bond donors (Lipinski definition) is 1. The number of β-amino-alcohol motifs (C(OH)–C–C–N with tert-alkyl or cyclic N) is 1. The lowest BCUT2D eigenvalue weighted by Gasteiger charge is -2.41. The number of amides is 2. The van der Waals surface area contributed by atoms with Crippen LogP contribution in [0.3, 0.4) is 0 Å². The SMILES string of the molecule is CC(=O)N1CCCC(O)(C(=O)N2CCc3c(C)cc(C)cc3C2)C1. The Kier molecular flexibility index (Phi) is 4.38. The van der Waals surface area contributed by atoms with Crippen LogP contribution in [0.1, 0.15) is 42.0 Å². The lowest BCUT2D eigenvalue weighted by atomic mass is 9.88. The normalized spacial score (nSPS) is 23.8. The van der Waals surface area contributed by atoms with E-state index in [2.05, 4.69) is 26.0 Å². The number of aryl methyl sites for hydroxylation is 2. The predicted octanol–water partition coefficient (Wildman–Crippen LogP) is 1.56. The molecule has 1 saturated heterocycles. The van der Waals surface area contributed by atoms with Crippen LogP contribution in [-0.4, -0.2) is 52.0 Å². The average Bonchev–Trinajstić information content (AvgIpc) is 2.53. The fraction of sp³-hybridized carbons (Fsp3) is 0.579. The third kappa shape index (κ3) is 3.05. The maximum Gasteiger partial charge on any atom is 0.256 e. The van der Waals surface area contributed by atoms with E-state index >= 15 is 0 Å². The first-order valence-corrected chi connectivity index (χ1v) is 8.66. The van der Waals surface area contributed by atoms with Gasteiger partial charge in [-0.2, -0.15) is 0 Å². The van der Waals surface area contributed by atoms with Crippen LogP contribution in [0.4, 0.5) is 0 Å². The Bertz CT molecular complexity index is 685. The molecule has 0 saturated carbocycles. The third-order valence-corrected chi connectivity index (χ3v) is 5.30. The van der Waals surface area contributed by atoms with Gasteiger partial charge in [0.05, 0.1) is 6.54 Å². The number of aliphatic hydroxyl groups is 1. The lowest BCUT2D eigenvalue weighted by Crippen LogP contribution is -2.59. The molecular formula is C19H26N2O3. The summed E-state index contributed by atoms with van der Waals surface area (Å²) in [5, 5.41) is 10.9. The lowest BCUT2D eigenvalue weighted by molar-refractivity contribution is -0.160. The number of benzene rings is 1. The fourth-order valence-corrected chi connectivity index (χ4v) is 4.06. The van der Waals surface area contributed by atoms with E-state index in [1.165, 1.54) is 29.2 Å². The molecular weight excluding hydrogens is 304 g/mol. The summed E-state index contributed by atoms with van der Waals surface area (Å²) in [5.41, 5.74) is 3.52. The fourth-order valence-electron chi connectivity index (χ4n) is 4.06. The highest BCUT2D eigenvalue weighted by molar-refractivity contribution is 5.86. The van der Waals surface area contributed by atoms with E-state index in [1.54, 1.807) is 9.80 Å². The van der Waals surface area contributed by atoms with E-state index in [9.17, 15) is 14.7 Å². The summed E-state index contributed by atoms with van der Waals surface area (Å²) in [6.45, 7) is 7.55. The van der Waals surface area contributed by atoms with Crippen LogP contribution >= 0.6 is 0 Å². The van der Waals surface area contributed by atoms with Gasteiger partial charge in [0.1, 0.15) is 0 Å². The highest BCUT2D eigenvalue weighted by Gasteiger charge is 2.44. The average molecular weight is 330 g/mol. The van der Waals surface area contributed by atoms with Crippen molar-refractivity contribution >= 4 is 11.8 Å². The topological polar surface area (TPSA) is 60.9 Å². The van der Waals surface area contributed by atoms with Crippen molar-refractivity contribution in [3.8, 4) is 0 Å². The number of nitrogens with zero attached hydrogens (tertiary/aromatic N) is 2. The minimum Gasteiger partial charge on any atom is -0.378 e. The predicted molar refractivity (Wildman–Crippen MR) is 91.5 cm³/mol. The third-order valence-electron chi connectivity index (χ3n) is 5.30. The summed E-state index contributed by atoms with van der Waals surface area (Å²) in [7, 11) is 0. The maximum atomic E-state index is 13.0. The molecule has 24 heavy (non-hydrogen) atoms. The van der Waals surface area contributed by atoms with Gasteiger partial charge in [-0.25, -0.2) is 0 Å². The highest BCUT2D eigenvalue weighted by Crippen LogP contribution is 2.29. The minimum atomic E-state index is -1.44. The van der Waals surface area contributed by atoms with Crippen molar-refractivity contribution in [3.05, 3.63) is 34.4 Å². The largest absolute Gasteiger partial charge is 0.378 e. The van der Waals surface area contributed by atoms with Gasteiger partial charge in [0.2, 0.25) is 5.91 Å². The van der Waals surface area contributed by atoms with Gasteiger partial charge in [0.15, 0.2) is 5.60 Å². The van der Waals surface area contributed by atoms with E-state index < -0.39 is 5.60 Å². The zero-order chi connectivity index (χ0) is 17.5. The smallest absolute Gasteiger partial charge is 0.256 e. The number of likely N-dealkylation sites (tertiary alicyclic amines) is 1. The van der Waals surface area contributed by atoms with E-state index in [0.717, 1.165) is 6.42 Å². The van der Waals surface area contributed by atoms with Gasteiger partial charge in [-0.3, -0.25) is 9.59 Å². The molecule has 5 nitrogen and oxygen atoms in total. The van der Waals surface area contributed by atoms with Crippen molar-refractivity contribution in [3.63, 3.8) is 0 Å². The molecule has 0 radical (unpaired) electrons. The van der Waals surface area contributed by atoms with Gasteiger partial charge >= 0.3 is 0 Å². The Morgan fingerprint density at radius 3 is 2.62 bits per heavy atom. The quantitative estimate of drug-likeness (QED) is 0.850. The molecule has 1 N–H and O–H groups in total. The van der Waals surface area contributed by atoms with Crippen molar-refractivity contribution < 1.29 is 14.7 Å². The molecule has 1 unspecified atom stereocenters. The van der Waals surface area contributed by atoms with Gasteiger partial charge < -0.3 is 14.9 Å². The summed E-state index contributed by atoms with van der Waals surface area (Å²) in [4.78, 5) is 27.9. The van der Waals surface area contributed by atoms with Crippen LogP contribution in [-0.2, 0) is 22.6 Å². The summed E-state index contributed by atoms with van der Waals surface area (Å²) >= 11 is 0. The van der Waals surface area contributed by atoms with Gasteiger partial charge in [-0.15, -0.1) is 0 Å². The first-order chi connectivity index (χ1) is 11.3. The number of hydrogen-bond acceptors (Lipinski definition) is 3. The van der Waals surface area contributed by atoms with E-state index in [0.29, 0.717) is 32.5 Å². The molecule has 0 aliphatic carbocycles. The molecule has 2 heterocycles. The molecule has 0 bridgehead atoms. The molecule has 1 atom stereocenters. The Hall–Kier alpha value is -1.88. The monoisotopic (exact) mass is 330 g/mol. The van der Waals surface area contributed by atoms with Crippen molar-refractivity contribution in [1.29, 1.82) is 0 Å². The minimum absolute atomic E-state index is 0.0869. The number of carbonyl (C=O) groups is 2. The molecule has 1 aromatic rings. The van der Waals surface area contributed by atoms with Crippen LogP contribution in [0.25, 0.3) is 0 Å². The van der Waals surface area contributed by atoms with Gasteiger partial charge in [0.25, 0.3) is 5.91 Å². The van der Waals surface area contributed by atoms with Crippen LogP contribution in [0.2, 0.25) is 0 Å². The Balaban J connectivity index is 1.79. The standard InChI is InChI=1S/C19H26N2O3/c1-13-9-14(2)17-5-8-20(11-16(17)10-13)18(23)19(24)6-4-7-21(12-19)15(3)22/h9-10,24H,4-8,11-12H2,1-3H3. The molecule has 130 valence electrons. The van der Waals surface area contributed by atoms with Crippen LogP contribution in [0.15, 0.2) is 12.1 Å². The van der Waals surface area contributed by atoms with Gasteiger partial charge in [-0.05, 0) is 49.8 Å². The second-order valence-electron chi connectivity index (χ2n) is 7.27. The molecule has 1 aromatic carbocycles. The van der Waals surface area contributed by atoms with Crippen molar-refractivity contribution in [1.82, 2.24) is 9.80 Å². The number of piperidine rings is 1. The van der Waals surface area contributed by atoms with E-state index in [4.69, 9.17) is 0 Å². The number of carbonyl (C=O) groups excluding carboxylic acids is 2. The summed E-state index contributed by atoms with van der Waals surface area (Å²) in [5.74, 6) is -0.325. The second kappa shape index (κ2) is 6.20. The van der Waals surface area contributed by atoms with Crippen LogP contribution in [0.5, 0.6) is 0 Å². The maximum absolute atomic E-state index is 13.0. The highest BCUT2D eigenvalue weighted by atomic mass is 16.3. The number of fused-ring (bicyclic) bond motifs is 1. The van der Waals surface area contributed by atoms with Crippen LogP contribution in [0, 0.1) is 13.8 Å². The Morgan fingerprint density at radius 2 is 1.92 bits per heavy atom. The summed E-state index contributed by atoms with van der Waals surface area (Å²) in [6.07, 6.45) is 1.90. The summed E-state index contributed by atoms with van der Waals surface area (Å²) in [6, 6.07) is 4.31. The second-order valence-corrected chi connectivity index (χ2v) is 7.27. The van der Waals surface area contributed by atoms with Gasteiger partial charge in [0, 0.05) is 26.6 Å². The molecule has 2 amide bonds. The van der Waals surface area contributed by atoms with Crippen molar-refractivity contribution in [2.45, 2.75) is 52.2 Å². The first kappa shape index (κ1) is 17.0. The zero-order valence-electron chi connectivity index (χ0n) is 14.8. The molecule has 2 aliphatic heterocycles. The summed E-state index contributed by atoms with van der Waals surface area (Å²) < 4.78 is 0. The molecule has 0 spiro atoms. The van der Waals surface area contributed by atoms with E-state index in [1.807, 2.05) is 0 Å².